The number of likely N-dealkylation sites (tertiary alicyclic amines) is 1. The van der Waals surface area contributed by atoms with Gasteiger partial charge in [0.05, 0.1) is 0 Å². The zero-order valence-electron chi connectivity index (χ0n) is 16.3. The Labute approximate surface area is 152 Å². The second kappa shape index (κ2) is 8.81. The number of benzene rings is 1. The first-order chi connectivity index (χ1) is 11.9. The topological polar surface area (TPSA) is 43.8 Å². The van der Waals surface area contributed by atoms with Crippen LogP contribution in [0.25, 0.3) is 0 Å². The average molecular weight is 347 g/mol. The highest BCUT2D eigenvalue weighted by atomic mass is 16.3. The fourth-order valence-electron chi connectivity index (χ4n) is 3.54. The van der Waals surface area contributed by atoms with E-state index in [2.05, 4.69) is 49.9 Å². The molecule has 1 aromatic rings. The van der Waals surface area contributed by atoms with Gasteiger partial charge in [-0.2, -0.15) is 0 Å². The van der Waals surface area contributed by atoms with Crippen LogP contribution in [0.1, 0.15) is 63.5 Å². The molecule has 1 aliphatic rings. The van der Waals surface area contributed by atoms with Gasteiger partial charge in [-0.05, 0) is 49.9 Å². The van der Waals surface area contributed by atoms with Crippen LogP contribution in [0, 0.1) is 0 Å². The van der Waals surface area contributed by atoms with Gasteiger partial charge >= 0.3 is 0 Å². The molecule has 0 bridgehead atoms. The molecule has 1 amide bonds. The first kappa shape index (κ1) is 19.9. The second-order valence-corrected chi connectivity index (χ2v) is 7.85. The van der Waals surface area contributed by atoms with Crippen LogP contribution in [-0.4, -0.2) is 53.1 Å². The average Bonchev–Trinajstić information content (AvgIpc) is 2.58. The lowest BCUT2D eigenvalue weighted by molar-refractivity contribution is -0.159. The number of amides is 1. The van der Waals surface area contributed by atoms with Crippen molar-refractivity contribution in [3.05, 3.63) is 35.4 Å². The first-order valence-corrected chi connectivity index (χ1v) is 9.65. The molecule has 140 valence electrons. The molecule has 0 aromatic heterocycles. The van der Waals surface area contributed by atoms with Gasteiger partial charge in [0.1, 0.15) is 0 Å². The summed E-state index contributed by atoms with van der Waals surface area (Å²) in [6.45, 7) is 9.17. The summed E-state index contributed by atoms with van der Waals surface area (Å²) in [5, 5.41) is 10.9. The van der Waals surface area contributed by atoms with Crippen LogP contribution in [0.3, 0.4) is 0 Å². The zero-order chi connectivity index (χ0) is 18.4. The highest BCUT2D eigenvalue weighted by molar-refractivity contribution is 5.86. The maximum Gasteiger partial charge on any atom is 0.256 e. The molecule has 1 atom stereocenters. The number of hydrogen-bond acceptors (Lipinski definition) is 3. The van der Waals surface area contributed by atoms with Crippen LogP contribution in [0.15, 0.2) is 24.3 Å². The number of nitrogens with zero attached hydrogens (tertiary/aromatic N) is 2. The Balaban J connectivity index is 2.00. The van der Waals surface area contributed by atoms with Crippen molar-refractivity contribution in [2.45, 2.75) is 64.5 Å². The first-order valence-electron chi connectivity index (χ1n) is 9.65. The molecule has 0 saturated carbocycles. The third-order valence-corrected chi connectivity index (χ3v) is 5.15. The van der Waals surface area contributed by atoms with Gasteiger partial charge in [0, 0.05) is 19.6 Å². The monoisotopic (exact) mass is 346 g/mol. The third-order valence-electron chi connectivity index (χ3n) is 5.15. The molecule has 1 aliphatic heterocycles. The van der Waals surface area contributed by atoms with E-state index in [1.54, 1.807) is 0 Å². The molecule has 4 heteroatoms. The summed E-state index contributed by atoms with van der Waals surface area (Å²) in [5.41, 5.74) is 1.20. The van der Waals surface area contributed by atoms with Crippen LogP contribution in [-0.2, 0) is 11.3 Å². The number of likely N-dealkylation sites (N-methyl/N-ethyl adjacent to an activating group) is 1. The van der Waals surface area contributed by atoms with Gasteiger partial charge in [-0.1, -0.05) is 51.5 Å². The number of aliphatic hydroxyl groups is 1. The maximum atomic E-state index is 12.9. The van der Waals surface area contributed by atoms with Gasteiger partial charge in [0.15, 0.2) is 5.60 Å². The molecule has 1 heterocycles. The normalized spacial score (nSPS) is 21.4. The minimum absolute atomic E-state index is 0.116. The van der Waals surface area contributed by atoms with Crippen molar-refractivity contribution < 1.29 is 9.90 Å². The number of rotatable bonds is 8. The summed E-state index contributed by atoms with van der Waals surface area (Å²) in [5.74, 6) is 0.393. The van der Waals surface area contributed by atoms with Crippen LogP contribution in [0.5, 0.6) is 0 Å². The van der Waals surface area contributed by atoms with E-state index < -0.39 is 5.60 Å². The fraction of sp³-hybridized carbons (Fsp3) is 0.667. The van der Waals surface area contributed by atoms with Crippen LogP contribution < -0.4 is 0 Å². The van der Waals surface area contributed by atoms with Crippen molar-refractivity contribution in [2.75, 3.05) is 26.7 Å². The van der Waals surface area contributed by atoms with Crippen LogP contribution in [0.4, 0.5) is 0 Å². The van der Waals surface area contributed by atoms with E-state index in [1.165, 1.54) is 5.56 Å². The summed E-state index contributed by atoms with van der Waals surface area (Å²) in [4.78, 5) is 16.8. The molecule has 0 aliphatic carbocycles. The van der Waals surface area contributed by atoms with E-state index in [9.17, 15) is 9.90 Å². The summed E-state index contributed by atoms with van der Waals surface area (Å²) in [6, 6.07) is 8.48. The van der Waals surface area contributed by atoms with Gasteiger partial charge in [0.25, 0.3) is 5.91 Å². The molecule has 2 rings (SSSR count). The number of carbonyl (C=O) groups is 1. The third kappa shape index (κ3) is 5.29. The molecule has 25 heavy (non-hydrogen) atoms. The van der Waals surface area contributed by atoms with Crippen molar-refractivity contribution in [2.24, 2.45) is 0 Å². The molecule has 0 radical (unpaired) electrons. The Bertz CT molecular complexity index is 556. The predicted molar refractivity (Wildman–Crippen MR) is 103 cm³/mol. The summed E-state index contributed by atoms with van der Waals surface area (Å²) in [7, 11) is 1.99. The van der Waals surface area contributed by atoms with E-state index in [1.807, 2.05) is 11.9 Å². The highest BCUT2D eigenvalue weighted by Crippen LogP contribution is 2.25. The van der Waals surface area contributed by atoms with Crippen molar-refractivity contribution >= 4 is 5.91 Å². The fourth-order valence-corrected chi connectivity index (χ4v) is 3.54. The van der Waals surface area contributed by atoms with Gasteiger partial charge in [0.2, 0.25) is 0 Å². The maximum absolute atomic E-state index is 12.9. The van der Waals surface area contributed by atoms with Crippen molar-refractivity contribution in [3.8, 4) is 0 Å². The van der Waals surface area contributed by atoms with Gasteiger partial charge < -0.3 is 14.9 Å². The SMILES string of the molecule is CCCCN(C)C[C@]1(O)CCCN(Cc2ccc(C(C)C)cc2)C1=O. The number of carbonyl (C=O) groups excluding carboxylic acids is 1. The quantitative estimate of drug-likeness (QED) is 0.785. The van der Waals surface area contributed by atoms with E-state index in [-0.39, 0.29) is 5.91 Å². The van der Waals surface area contributed by atoms with Crippen LogP contribution >= 0.6 is 0 Å². The minimum Gasteiger partial charge on any atom is -0.379 e. The Morgan fingerprint density at radius 1 is 1.28 bits per heavy atom. The summed E-state index contributed by atoms with van der Waals surface area (Å²) < 4.78 is 0. The minimum atomic E-state index is -1.24. The van der Waals surface area contributed by atoms with Crippen molar-refractivity contribution in [1.82, 2.24) is 9.80 Å². The van der Waals surface area contributed by atoms with Gasteiger partial charge in [-0.15, -0.1) is 0 Å². The molecular formula is C21H34N2O2. The Hall–Kier alpha value is -1.39. The second-order valence-electron chi connectivity index (χ2n) is 7.85. The standard InChI is InChI=1S/C21H34N2O2/c1-5-6-13-22(4)16-21(25)12-7-14-23(20(21)24)15-18-8-10-19(11-9-18)17(2)3/h8-11,17,25H,5-7,12-16H2,1-4H3/t21-/m1/s1. The molecule has 1 saturated heterocycles. The largest absolute Gasteiger partial charge is 0.379 e. The van der Waals surface area contributed by atoms with Gasteiger partial charge in [-0.3, -0.25) is 4.79 Å². The lowest BCUT2D eigenvalue weighted by Gasteiger charge is -2.40. The lowest BCUT2D eigenvalue weighted by Crippen LogP contribution is -2.57. The smallest absolute Gasteiger partial charge is 0.256 e. The van der Waals surface area contributed by atoms with E-state index >= 15 is 0 Å². The molecule has 1 aromatic carbocycles. The Morgan fingerprint density at radius 3 is 2.56 bits per heavy atom. The lowest BCUT2D eigenvalue weighted by atomic mass is 9.90. The predicted octanol–water partition coefficient (Wildman–Crippen LogP) is 3.40. The van der Waals surface area contributed by atoms with Crippen molar-refractivity contribution in [3.63, 3.8) is 0 Å². The van der Waals surface area contributed by atoms with Gasteiger partial charge in [-0.25, -0.2) is 0 Å². The molecule has 4 nitrogen and oxygen atoms in total. The van der Waals surface area contributed by atoms with E-state index in [4.69, 9.17) is 0 Å². The molecule has 1 fully saturated rings. The van der Waals surface area contributed by atoms with E-state index in [0.29, 0.717) is 25.4 Å². The summed E-state index contributed by atoms with van der Waals surface area (Å²) >= 11 is 0. The zero-order valence-corrected chi connectivity index (χ0v) is 16.3. The van der Waals surface area contributed by atoms with Crippen molar-refractivity contribution in [1.29, 1.82) is 0 Å². The highest BCUT2D eigenvalue weighted by Gasteiger charge is 2.42. The number of hydrogen-bond donors (Lipinski definition) is 1. The Morgan fingerprint density at radius 2 is 1.96 bits per heavy atom. The number of piperidine rings is 1. The molecule has 1 N–H and O–H groups in total. The van der Waals surface area contributed by atoms with E-state index in [0.717, 1.165) is 37.9 Å². The molecule has 0 unspecified atom stereocenters. The molecule has 0 spiro atoms. The van der Waals surface area contributed by atoms with Crippen LogP contribution in [0.2, 0.25) is 0 Å². The number of unbranched alkanes of at least 4 members (excludes halogenated alkanes) is 1. The molecular weight excluding hydrogens is 312 g/mol. The Kier molecular flexibility index (Phi) is 7.03. The summed E-state index contributed by atoms with van der Waals surface area (Å²) in [6.07, 6.45) is 3.63.